The van der Waals surface area contributed by atoms with E-state index in [-0.39, 0.29) is 6.42 Å². The van der Waals surface area contributed by atoms with Gasteiger partial charge in [-0.05, 0) is 91.8 Å². The molecule has 0 aromatic carbocycles. The Labute approximate surface area is 408 Å². The zero-order chi connectivity index (χ0) is 54.3. The first-order valence-corrected chi connectivity index (χ1v) is 24.6. The van der Waals surface area contributed by atoms with Gasteiger partial charge in [-0.25, -0.2) is 17.6 Å². The van der Waals surface area contributed by atoms with E-state index in [1.54, 1.807) is 13.0 Å². The maximum atomic E-state index is 12.4. The molecule has 0 fully saturated rings. The summed E-state index contributed by atoms with van der Waals surface area (Å²) in [7, 11) is 0. The van der Waals surface area contributed by atoms with Gasteiger partial charge < -0.3 is 0 Å². The molecule has 0 nitrogen and oxygen atoms in total. The third-order valence-electron chi connectivity index (χ3n) is 12.1. The van der Waals surface area contributed by atoms with Crippen LogP contribution in [-0.4, -0.2) is 19.0 Å². The van der Waals surface area contributed by atoms with Gasteiger partial charge in [0.2, 0.25) is 12.9 Å². The number of halogens is 7. The molecule has 1 unspecified atom stereocenters. The summed E-state index contributed by atoms with van der Waals surface area (Å²) in [6.07, 6.45) is 18.2. The van der Waals surface area contributed by atoms with Crippen LogP contribution < -0.4 is 0 Å². The lowest BCUT2D eigenvalue weighted by Gasteiger charge is -2.27. The monoisotopic (exact) mass is 953 g/mol. The summed E-state index contributed by atoms with van der Waals surface area (Å²) in [5, 5.41) is 0. The van der Waals surface area contributed by atoms with Crippen LogP contribution in [0.1, 0.15) is 228 Å². The van der Waals surface area contributed by atoms with Crippen LogP contribution in [0.25, 0.3) is 0 Å². The Morgan fingerprint density at radius 3 is 0.924 bits per heavy atom. The quantitative estimate of drug-likeness (QED) is 0.0632. The summed E-state index contributed by atoms with van der Waals surface area (Å²) in [5.41, 5.74) is -1.51. The minimum atomic E-state index is -4.12. The molecule has 0 aliphatic carbocycles. The third kappa shape index (κ3) is 48.2. The van der Waals surface area contributed by atoms with E-state index in [1.165, 1.54) is 64.5 Å². The standard InChI is InChI=1S/C10H20.C9H16F2.2C9H18.C8H16.C7H11F3.C7H12F2/c1-5-7-9-10(3,4)8-6-2;1-4-6-9(3,7-5-2)8(10)11;1-6-7-9(4,5)8(2)3;1-5-7-9(3,4)8-6-2;1-5-7-8(3,4)6-2;1-4-5-6(2,3)7(8,9)10;1-4-5-7(2,3)6(8)9/h6H,2,5,7-9H2,1,3-4H3;4,8H,1,5-7H2,2-3H3;6,8H,1,7H2,2-5H3;5H,1,6-8H2,2-4H3;5H,1,6-7H2,2-4H3;4H,1,5H2,2-3H3;4,6H,1,5H2,2-3H3. The molecule has 0 aromatic rings. The van der Waals surface area contributed by atoms with Crippen molar-refractivity contribution in [2.45, 2.75) is 247 Å². The molecule has 0 amide bonds. The fourth-order valence-corrected chi connectivity index (χ4v) is 5.60. The molecule has 1 atom stereocenters. The normalized spacial score (nSPS) is 12.7. The summed E-state index contributed by atoms with van der Waals surface area (Å²) in [6, 6.07) is 0. The number of rotatable bonds is 25. The molecule has 0 rings (SSSR count). The van der Waals surface area contributed by atoms with Gasteiger partial charge in [0.1, 0.15) is 0 Å². The Kier molecular flexibility index (Phi) is 47.9. The van der Waals surface area contributed by atoms with Crippen LogP contribution in [0.3, 0.4) is 0 Å². The average molecular weight is 954 g/mol. The van der Waals surface area contributed by atoms with Gasteiger partial charge in [0.05, 0.1) is 5.41 Å². The first-order chi connectivity index (χ1) is 29.7. The molecule has 0 aromatic heterocycles. The summed E-state index contributed by atoms with van der Waals surface area (Å²) in [6.45, 7) is 63.4. The Bertz CT molecular complexity index is 1170. The minimum absolute atomic E-state index is 0.0312. The second-order valence-corrected chi connectivity index (χ2v) is 22.7. The maximum Gasteiger partial charge on any atom is 0.394 e. The molecule has 0 heterocycles. The van der Waals surface area contributed by atoms with Crippen LogP contribution >= 0.6 is 0 Å². The van der Waals surface area contributed by atoms with Crippen LogP contribution in [0, 0.1) is 43.8 Å². The summed E-state index contributed by atoms with van der Waals surface area (Å²) in [4.78, 5) is 0. The van der Waals surface area contributed by atoms with Crippen molar-refractivity contribution in [3.63, 3.8) is 0 Å². The molecule has 0 aliphatic heterocycles. The molecule has 0 saturated carbocycles. The SMILES string of the molecule is C=CCC(C)(C)C(C)C.C=CCC(C)(C)C(F)(F)F.C=CCC(C)(C)C(F)F.C=CCC(C)(C)CC.C=CCC(C)(C)CCC.C=CCC(C)(C)CCCC.C=CCC(C)(CCC)C(F)F. The van der Waals surface area contributed by atoms with Gasteiger partial charge in [-0.1, -0.05) is 206 Å². The second-order valence-electron chi connectivity index (χ2n) is 22.7. The molecular weight excluding hydrogens is 842 g/mol. The number of hydrogen-bond donors (Lipinski definition) is 0. The molecule has 7 heteroatoms. The van der Waals surface area contributed by atoms with E-state index in [0.717, 1.165) is 51.9 Å². The van der Waals surface area contributed by atoms with Gasteiger partial charge >= 0.3 is 6.18 Å². The Balaban J connectivity index is -0.000000123. The lowest BCUT2D eigenvalue weighted by Crippen LogP contribution is -2.31. The van der Waals surface area contributed by atoms with E-state index >= 15 is 0 Å². The maximum absolute atomic E-state index is 12.4. The third-order valence-corrected chi connectivity index (χ3v) is 12.1. The van der Waals surface area contributed by atoms with Gasteiger partial charge in [-0.2, -0.15) is 13.2 Å². The molecule has 66 heavy (non-hydrogen) atoms. The number of hydrogen-bond acceptors (Lipinski definition) is 0. The van der Waals surface area contributed by atoms with Crippen molar-refractivity contribution in [1.29, 1.82) is 0 Å². The Hall–Kier alpha value is -2.31. The molecular formula is C59H111F7. The first kappa shape index (κ1) is 77.9. The number of allylic oxidation sites excluding steroid dienone is 7. The van der Waals surface area contributed by atoms with E-state index in [0.29, 0.717) is 40.9 Å². The molecule has 0 radical (unpaired) electrons. The molecule has 0 N–H and O–H groups in total. The number of unbranched alkanes of at least 4 members (excludes halogenated alkanes) is 1. The van der Waals surface area contributed by atoms with Crippen LogP contribution in [0.4, 0.5) is 30.7 Å². The fraction of sp³-hybridized carbons (Fsp3) is 0.763. The van der Waals surface area contributed by atoms with E-state index in [9.17, 15) is 30.7 Å². The van der Waals surface area contributed by atoms with Crippen LogP contribution in [0.2, 0.25) is 0 Å². The number of alkyl halides is 7. The highest BCUT2D eigenvalue weighted by atomic mass is 19.4. The highest BCUT2D eigenvalue weighted by Gasteiger charge is 2.46. The van der Waals surface area contributed by atoms with Crippen molar-refractivity contribution < 1.29 is 30.7 Å². The van der Waals surface area contributed by atoms with Crippen molar-refractivity contribution >= 4 is 0 Å². The van der Waals surface area contributed by atoms with Gasteiger partial charge in [0.15, 0.2) is 0 Å². The molecule has 0 spiro atoms. The molecule has 0 saturated heterocycles. The van der Waals surface area contributed by atoms with Crippen LogP contribution in [0.15, 0.2) is 88.6 Å². The van der Waals surface area contributed by atoms with Crippen LogP contribution in [-0.2, 0) is 0 Å². The van der Waals surface area contributed by atoms with E-state index in [4.69, 9.17) is 0 Å². The summed E-state index contributed by atoms with van der Waals surface area (Å²) in [5.74, 6) is 0.746. The van der Waals surface area contributed by atoms with E-state index in [2.05, 4.69) is 136 Å². The smallest absolute Gasteiger partial charge is 0.210 e. The van der Waals surface area contributed by atoms with Gasteiger partial charge in [0.25, 0.3) is 0 Å². The predicted molar refractivity (Wildman–Crippen MR) is 287 cm³/mol. The van der Waals surface area contributed by atoms with Crippen molar-refractivity contribution in [3.05, 3.63) is 88.6 Å². The highest BCUT2D eigenvalue weighted by molar-refractivity contribution is 4.86. The topological polar surface area (TPSA) is 0 Å². The van der Waals surface area contributed by atoms with Gasteiger partial charge in [-0.3, -0.25) is 0 Å². The minimum Gasteiger partial charge on any atom is -0.210 e. The van der Waals surface area contributed by atoms with Crippen molar-refractivity contribution in [2.24, 2.45) is 43.8 Å². The van der Waals surface area contributed by atoms with Gasteiger partial charge in [0, 0.05) is 10.8 Å². The Morgan fingerprint density at radius 1 is 0.394 bits per heavy atom. The van der Waals surface area contributed by atoms with E-state index < -0.39 is 35.3 Å². The second kappa shape index (κ2) is 40.6. The molecule has 0 aliphatic rings. The Morgan fingerprint density at radius 2 is 0.727 bits per heavy atom. The summed E-state index contributed by atoms with van der Waals surface area (Å²) >= 11 is 0. The molecule has 0 bridgehead atoms. The van der Waals surface area contributed by atoms with Crippen LogP contribution in [0.5, 0.6) is 0 Å². The zero-order valence-corrected chi connectivity index (χ0v) is 47.0. The highest BCUT2D eigenvalue weighted by Crippen LogP contribution is 2.40. The summed E-state index contributed by atoms with van der Waals surface area (Å²) < 4.78 is 84.6. The zero-order valence-electron chi connectivity index (χ0n) is 47.0. The van der Waals surface area contributed by atoms with Crippen molar-refractivity contribution in [2.75, 3.05) is 0 Å². The lowest BCUT2D eigenvalue weighted by atomic mass is 9.78. The van der Waals surface area contributed by atoms with Crippen molar-refractivity contribution in [1.82, 2.24) is 0 Å². The fourth-order valence-electron chi connectivity index (χ4n) is 5.60. The largest absolute Gasteiger partial charge is 0.394 e. The van der Waals surface area contributed by atoms with E-state index in [1.807, 2.05) is 31.2 Å². The average Bonchev–Trinajstić information content (AvgIpc) is 3.15. The lowest BCUT2D eigenvalue weighted by molar-refractivity contribution is -0.210. The van der Waals surface area contributed by atoms with Gasteiger partial charge in [-0.15, -0.1) is 46.1 Å². The predicted octanol–water partition coefficient (Wildman–Crippen LogP) is 23.0. The molecule has 396 valence electrons. The van der Waals surface area contributed by atoms with Crippen molar-refractivity contribution in [3.8, 4) is 0 Å². The first-order valence-electron chi connectivity index (χ1n) is 24.6.